The quantitative estimate of drug-likeness (QED) is 0.678. The predicted molar refractivity (Wildman–Crippen MR) is 72.4 cm³/mol. The molecular formula is C14H22N2O2. The Kier molecular flexibility index (Phi) is 6.39. The summed E-state index contributed by atoms with van der Waals surface area (Å²) in [5, 5.41) is 11.9. The molecule has 18 heavy (non-hydrogen) atoms. The molecule has 4 N–H and O–H groups in total. The Morgan fingerprint density at radius 3 is 2.78 bits per heavy atom. The van der Waals surface area contributed by atoms with Gasteiger partial charge in [0.15, 0.2) is 0 Å². The summed E-state index contributed by atoms with van der Waals surface area (Å²) in [5.41, 5.74) is 7.19. The third-order valence-electron chi connectivity index (χ3n) is 2.98. The molecule has 0 saturated heterocycles. The van der Waals surface area contributed by atoms with Gasteiger partial charge in [-0.15, -0.1) is 0 Å². The Morgan fingerprint density at radius 2 is 2.17 bits per heavy atom. The average Bonchev–Trinajstić information content (AvgIpc) is 2.39. The van der Waals surface area contributed by atoms with Crippen LogP contribution in [0, 0.1) is 0 Å². The first kappa shape index (κ1) is 14.7. The molecule has 0 radical (unpaired) electrons. The zero-order chi connectivity index (χ0) is 13.4. The van der Waals surface area contributed by atoms with Crippen molar-refractivity contribution in [3.63, 3.8) is 0 Å². The van der Waals surface area contributed by atoms with Crippen molar-refractivity contribution in [3.8, 4) is 0 Å². The number of hydrogen-bond donors (Lipinski definition) is 3. The van der Waals surface area contributed by atoms with Gasteiger partial charge in [0.2, 0.25) is 0 Å². The van der Waals surface area contributed by atoms with E-state index in [9.17, 15) is 4.79 Å². The van der Waals surface area contributed by atoms with Gasteiger partial charge in [-0.1, -0.05) is 25.1 Å². The molecule has 0 aliphatic rings. The van der Waals surface area contributed by atoms with Crippen LogP contribution < -0.4 is 11.1 Å². The lowest BCUT2D eigenvalue weighted by molar-refractivity contribution is 0.0928. The van der Waals surface area contributed by atoms with Crippen LogP contribution in [-0.4, -0.2) is 30.2 Å². The number of nitrogens with one attached hydrogen (secondary N) is 1. The number of aliphatic hydroxyl groups is 1. The largest absolute Gasteiger partial charge is 0.396 e. The van der Waals surface area contributed by atoms with Crippen LogP contribution in [0.2, 0.25) is 0 Å². The Bertz CT molecular complexity index is 380. The number of amides is 1. The fourth-order valence-corrected chi connectivity index (χ4v) is 1.91. The lowest BCUT2D eigenvalue weighted by Crippen LogP contribution is -2.35. The Labute approximate surface area is 108 Å². The predicted octanol–water partition coefficient (Wildman–Crippen LogP) is 1.08. The zero-order valence-corrected chi connectivity index (χ0v) is 10.9. The molecule has 0 spiro atoms. The molecule has 0 bridgehead atoms. The number of carbonyl (C=O) groups excluding carboxylic acids is 1. The molecule has 0 aromatic heterocycles. The molecule has 1 rings (SSSR count). The summed E-state index contributed by atoms with van der Waals surface area (Å²) in [6, 6.07) is 7.52. The van der Waals surface area contributed by atoms with E-state index in [0.29, 0.717) is 24.9 Å². The fourth-order valence-electron chi connectivity index (χ4n) is 1.91. The summed E-state index contributed by atoms with van der Waals surface area (Å²) in [4.78, 5) is 12.2. The third kappa shape index (κ3) is 4.13. The molecule has 0 aliphatic carbocycles. The topological polar surface area (TPSA) is 75.3 Å². The molecule has 1 aromatic carbocycles. The van der Waals surface area contributed by atoms with E-state index in [1.165, 1.54) is 0 Å². The molecule has 1 unspecified atom stereocenters. The second-order valence-electron chi connectivity index (χ2n) is 4.29. The Balaban J connectivity index is 2.76. The number of nitrogens with two attached hydrogens (primary N) is 1. The van der Waals surface area contributed by atoms with E-state index in [-0.39, 0.29) is 18.6 Å². The van der Waals surface area contributed by atoms with E-state index in [2.05, 4.69) is 5.32 Å². The highest BCUT2D eigenvalue weighted by Gasteiger charge is 2.14. The molecule has 0 fully saturated rings. The first-order chi connectivity index (χ1) is 8.72. The summed E-state index contributed by atoms with van der Waals surface area (Å²) >= 11 is 0. The average molecular weight is 250 g/mol. The highest BCUT2D eigenvalue weighted by molar-refractivity contribution is 5.95. The van der Waals surface area contributed by atoms with Crippen molar-refractivity contribution in [1.82, 2.24) is 5.32 Å². The monoisotopic (exact) mass is 250 g/mol. The summed E-state index contributed by atoms with van der Waals surface area (Å²) in [6.45, 7) is 2.60. The molecule has 0 heterocycles. The van der Waals surface area contributed by atoms with Gasteiger partial charge in [-0.3, -0.25) is 4.79 Å². The second kappa shape index (κ2) is 7.84. The van der Waals surface area contributed by atoms with Gasteiger partial charge in [0.1, 0.15) is 0 Å². The summed E-state index contributed by atoms with van der Waals surface area (Å²) < 4.78 is 0. The maximum absolute atomic E-state index is 12.2. The van der Waals surface area contributed by atoms with Crippen LogP contribution in [-0.2, 0) is 6.42 Å². The second-order valence-corrected chi connectivity index (χ2v) is 4.29. The van der Waals surface area contributed by atoms with Crippen molar-refractivity contribution in [2.24, 2.45) is 5.73 Å². The lowest BCUT2D eigenvalue weighted by Gasteiger charge is -2.17. The fraction of sp³-hybridized carbons (Fsp3) is 0.500. The third-order valence-corrected chi connectivity index (χ3v) is 2.98. The minimum atomic E-state index is -0.0839. The first-order valence-corrected chi connectivity index (χ1v) is 6.42. The van der Waals surface area contributed by atoms with Crippen LogP contribution in [0.4, 0.5) is 0 Å². The molecule has 1 aromatic rings. The highest BCUT2D eigenvalue weighted by atomic mass is 16.3. The number of hydrogen-bond acceptors (Lipinski definition) is 3. The van der Waals surface area contributed by atoms with Crippen LogP contribution in [0.15, 0.2) is 24.3 Å². The highest BCUT2D eigenvalue weighted by Crippen LogP contribution is 2.10. The van der Waals surface area contributed by atoms with E-state index in [1.807, 2.05) is 31.2 Å². The maximum Gasteiger partial charge on any atom is 0.251 e. The van der Waals surface area contributed by atoms with E-state index < -0.39 is 0 Å². The van der Waals surface area contributed by atoms with Gasteiger partial charge < -0.3 is 16.2 Å². The molecule has 4 heteroatoms. The van der Waals surface area contributed by atoms with Crippen LogP contribution in [0.1, 0.15) is 35.7 Å². The number of carbonyl (C=O) groups is 1. The Hall–Kier alpha value is -1.39. The summed E-state index contributed by atoms with van der Waals surface area (Å²) in [5.74, 6) is -0.0839. The van der Waals surface area contributed by atoms with Crippen molar-refractivity contribution < 1.29 is 9.90 Å². The normalized spacial score (nSPS) is 12.2. The maximum atomic E-state index is 12.2. The molecule has 0 saturated carbocycles. The molecule has 1 atom stereocenters. The van der Waals surface area contributed by atoms with Crippen LogP contribution in [0.25, 0.3) is 0 Å². The van der Waals surface area contributed by atoms with Gasteiger partial charge >= 0.3 is 0 Å². The number of aliphatic hydroxyl groups excluding tert-OH is 1. The van der Waals surface area contributed by atoms with E-state index in [1.54, 1.807) is 0 Å². The van der Waals surface area contributed by atoms with Gasteiger partial charge in [-0.05, 0) is 37.4 Å². The first-order valence-electron chi connectivity index (χ1n) is 6.42. The van der Waals surface area contributed by atoms with Crippen molar-refractivity contribution in [3.05, 3.63) is 35.4 Å². The number of benzene rings is 1. The molecular weight excluding hydrogens is 228 g/mol. The molecule has 100 valence electrons. The molecule has 0 aliphatic heterocycles. The van der Waals surface area contributed by atoms with Gasteiger partial charge in [-0.2, -0.15) is 0 Å². The standard InChI is InChI=1S/C14H22N2O2/c1-2-12(8-10-17)16-14(18)13-6-4-3-5-11(13)7-9-15/h3-6,12,17H,2,7-10,15H2,1H3,(H,16,18). The van der Waals surface area contributed by atoms with E-state index >= 15 is 0 Å². The van der Waals surface area contributed by atoms with Crippen molar-refractivity contribution in [2.75, 3.05) is 13.2 Å². The lowest BCUT2D eigenvalue weighted by atomic mass is 10.0. The van der Waals surface area contributed by atoms with Crippen LogP contribution in [0.3, 0.4) is 0 Å². The minimum absolute atomic E-state index is 0.0217. The summed E-state index contributed by atoms with van der Waals surface area (Å²) in [7, 11) is 0. The van der Waals surface area contributed by atoms with E-state index in [4.69, 9.17) is 10.8 Å². The molecule has 1 amide bonds. The van der Waals surface area contributed by atoms with Crippen molar-refractivity contribution in [1.29, 1.82) is 0 Å². The summed E-state index contributed by atoms with van der Waals surface area (Å²) in [6.07, 6.45) is 2.09. The van der Waals surface area contributed by atoms with Gasteiger partial charge in [0.25, 0.3) is 5.91 Å². The van der Waals surface area contributed by atoms with Crippen molar-refractivity contribution in [2.45, 2.75) is 32.2 Å². The zero-order valence-electron chi connectivity index (χ0n) is 10.9. The van der Waals surface area contributed by atoms with Gasteiger partial charge in [0, 0.05) is 18.2 Å². The van der Waals surface area contributed by atoms with Crippen LogP contribution >= 0.6 is 0 Å². The van der Waals surface area contributed by atoms with Gasteiger partial charge in [0.05, 0.1) is 0 Å². The number of rotatable bonds is 7. The Morgan fingerprint density at radius 1 is 1.44 bits per heavy atom. The van der Waals surface area contributed by atoms with Crippen LogP contribution in [0.5, 0.6) is 0 Å². The smallest absolute Gasteiger partial charge is 0.251 e. The minimum Gasteiger partial charge on any atom is -0.396 e. The van der Waals surface area contributed by atoms with Gasteiger partial charge in [-0.25, -0.2) is 0 Å². The van der Waals surface area contributed by atoms with Crippen molar-refractivity contribution >= 4 is 5.91 Å². The van der Waals surface area contributed by atoms with E-state index in [0.717, 1.165) is 12.0 Å². The SMILES string of the molecule is CCC(CCO)NC(=O)c1ccccc1CCN. The molecule has 4 nitrogen and oxygen atoms in total.